The van der Waals surface area contributed by atoms with Crippen molar-refractivity contribution in [3.05, 3.63) is 115 Å². The Labute approximate surface area is 227 Å². The maximum atomic E-state index is 15.5. The lowest BCUT2D eigenvalue weighted by molar-refractivity contribution is -0.295. The number of halogens is 2. The molecule has 8 heteroatoms. The minimum Gasteiger partial charge on any atom is -0.461 e. The molecule has 0 aliphatic carbocycles. The molecule has 1 fully saturated rings. The van der Waals surface area contributed by atoms with Crippen LogP contribution >= 0.6 is 0 Å². The molecule has 0 spiro atoms. The molecular formula is C31H33F2O6. The largest absolute Gasteiger partial charge is 0.461 e. The molecule has 0 N–H and O–H groups in total. The second kappa shape index (κ2) is 13.8. The van der Waals surface area contributed by atoms with Crippen molar-refractivity contribution < 1.29 is 37.3 Å². The van der Waals surface area contributed by atoms with Crippen molar-refractivity contribution in [2.45, 2.75) is 63.2 Å². The van der Waals surface area contributed by atoms with E-state index >= 15 is 8.78 Å². The van der Waals surface area contributed by atoms with Crippen LogP contribution in [0.3, 0.4) is 0 Å². The maximum Gasteiger partial charge on any atom is 0.379 e. The number of carbonyl (C=O) groups is 1. The summed E-state index contributed by atoms with van der Waals surface area (Å²) in [6, 6.07) is 27.9. The van der Waals surface area contributed by atoms with Crippen molar-refractivity contribution in [3.63, 3.8) is 0 Å². The maximum absolute atomic E-state index is 15.5. The Morgan fingerprint density at radius 1 is 0.744 bits per heavy atom. The van der Waals surface area contributed by atoms with Crippen LogP contribution in [0.5, 0.6) is 0 Å². The van der Waals surface area contributed by atoms with Gasteiger partial charge in [0.05, 0.1) is 32.5 Å². The van der Waals surface area contributed by atoms with Crippen LogP contribution in [0.15, 0.2) is 91.0 Å². The number of carbonyl (C=O) groups excluding carboxylic acids is 1. The van der Waals surface area contributed by atoms with Crippen LogP contribution in [0.4, 0.5) is 8.78 Å². The fourth-order valence-corrected chi connectivity index (χ4v) is 4.42. The number of esters is 1. The second-order valence-electron chi connectivity index (χ2n) is 9.22. The number of hydrogen-bond acceptors (Lipinski definition) is 6. The molecular weight excluding hydrogens is 506 g/mol. The summed E-state index contributed by atoms with van der Waals surface area (Å²) in [4.78, 5) is 12.4. The van der Waals surface area contributed by atoms with Gasteiger partial charge in [-0.2, -0.15) is 8.78 Å². The Morgan fingerprint density at radius 2 is 1.15 bits per heavy atom. The normalized spacial score (nSPS) is 23.3. The van der Waals surface area contributed by atoms with E-state index in [1.807, 2.05) is 91.0 Å². The molecule has 0 amide bonds. The minimum atomic E-state index is -4.02. The van der Waals surface area contributed by atoms with Crippen molar-refractivity contribution in [1.82, 2.24) is 0 Å². The van der Waals surface area contributed by atoms with Gasteiger partial charge in [-0.05, 0) is 30.5 Å². The Kier molecular flexibility index (Phi) is 10.2. The zero-order valence-electron chi connectivity index (χ0n) is 21.8. The van der Waals surface area contributed by atoms with E-state index < -0.39 is 42.4 Å². The van der Waals surface area contributed by atoms with E-state index in [0.717, 1.165) is 16.7 Å². The van der Waals surface area contributed by atoms with Gasteiger partial charge in [-0.25, -0.2) is 4.79 Å². The average Bonchev–Trinajstić information content (AvgIpc) is 2.96. The molecule has 4 rings (SSSR count). The molecule has 3 aromatic carbocycles. The summed E-state index contributed by atoms with van der Waals surface area (Å²) >= 11 is 0. The van der Waals surface area contributed by atoms with Crippen molar-refractivity contribution in [2.75, 3.05) is 6.61 Å². The molecule has 0 bridgehead atoms. The van der Waals surface area contributed by atoms with E-state index in [1.165, 1.54) is 6.92 Å². The second-order valence-corrected chi connectivity index (χ2v) is 9.22. The van der Waals surface area contributed by atoms with Gasteiger partial charge in [-0.1, -0.05) is 91.0 Å². The molecule has 1 aliphatic rings. The molecule has 1 heterocycles. The number of alkyl halides is 2. The van der Waals surface area contributed by atoms with Crippen LogP contribution in [0, 0.1) is 6.92 Å². The lowest BCUT2D eigenvalue weighted by Crippen LogP contribution is -2.65. The summed E-state index contributed by atoms with van der Waals surface area (Å²) in [5.41, 5.74) is 2.48. The highest BCUT2D eigenvalue weighted by molar-refractivity contribution is 5.78. The predicted octanol–water partition coefficient (Wildman–Crippen LogP) is 5.54. The molecule has 207 valence electrons. The van der Waals surface area contributed by atoms with E-state index in [0.29, 0.717) is 0 Å². The molecule has 0 aromatic heterocycles. The summed E-state index contributed by atoms with van der Waals surface area (Å²) in [5.74, 6) is -5.72. The first kappa shape index (κ1) is 28.8. The lowest BCUT2D eigenvalue weighted by Gasteiger charge is -2.46. The molecule has 0 unspecified atom stereocenters. The third-order valence-electron chi connectivity index (χ3n) is 6.39. The van der Waals surface area contributed by atoms with Gasteiger partial charge in [0.1, 0.15) is 18.3 Å². The van der Waals surface area contributed by atoms with Gasteiger partial charge >= 0.3 is 11.9 Å². The standard InChI is InChI=1S/C31H33F2O6/c1-3-35-30(34)31(32,33)29-28(38-21-25-17-11-6-12-18-25)27(37-20-24-15-9-5-10-16-24)26(22(2)39-29)36-19-23-13-7-4-8-14-23/h4-18,22,26-29H,2-3,19-21H2,1H3/t22-,26+,27-,28+,29+/m0/s1. The van der Waals surface area contributed by atoms with Crippen LogP contribution in [-0.2, 0) is 48.3 Å². The summed E-state index contributed by atoms with van der Waals surface area (Å²) in [6.07, 6.45) is -6.40. The van der Waals surface area contributed by atoms with E-state index in [1.54, 1.807) is 0 Å². The third kappa shape index (κ3) is 7.48. The van der Waals surface area contributed by atoms with Crippen LogP contribution in [0.2, 0.25) is 0 Å². The average molecular weight is 540 g/mol. The summed E-state index contributed by atoms with van der Waals surface area (Å²) in [7, 11) is 0. The zero-order valence-corrected chi connectivity index (χ0v) is 21.8. The monoisotopic (exact) mass is 539 g/mol. The first-order chi connectivity index (χ1) is 18.9. The van der Waals surface area contributed by atoms with Crippen LogP contribution in [-0.4, -0.2) is 49.0 Å². The zero-order chi connectivity index (χ0) is 27.7. The third-order valence-corrected chi connectivity index (χ3v) is 6.39. The molecule has 1 aliphatic heterocycles. The van der Waals surface area contributed by atoms with Crippen molar-refractivity contribution in [2.24, 2.45) is 0 Å². The fourth-order valence-electron chi connectivity index (χ4n) is 4.42. The topological polar surface area (TPSA) is 63.2 Å². The molecule has 39 heavy (non-hydrogen) atoms. The number of hydrogen-bond donors (Lipinski definition) is 0. The molecule has 1 saturated heterocycles. The van der Waals surface area contributed by atoms with Gasteiger partial charge in [-0.3, -0.25) is 0 Å². The Morgan fingerprint density at radius 3 is 1.59 bits per heavy atom. The highest BCUT2D eigenvalue weighted by Crippen LogP contribution is 2.37. The van der Waals surface area contributed by atoms with Gasteiger partial charge in [0, 0.05) is 0 Å². The van der Waals surface area contributed by atoms with Crippen molar-refractivity contribution in [3.8, 4) is 0 Å². The van der Waals surface area contributed by atoms with Gasteiger partial charge in [0.2, 0.25) is 0 Å². The first-order valence-corrected chi connectivity index (χ1v) is 12.9. The summed E-state index contributed by atoms with van der Waals surface area (Å²) in [5, 5.41) is 0. The number of ether oxygens (including phenoxy) is 5. The fraction of sp³-hybridized carbons (Fsp3) is 0.355. The SMILES string of the molecule is [CH2][C@@H]1O[C@@H](C(F)(F)C(=O)OCC)[C@H](OCc2ccccc2)[C@@H](OCc2ccccc2)[C@@H]1OCc1ccccc1. The smallest absolute Gasteiger partial charge is 0.379 e. The van der Waals surface area contributed by atoms with Gasteiger partial charge in [-0.15, -0.1) is 0 Å². The number of benzene rings is 3. The first-order valence-electron chi connectivity index (χ1n) is 12.9. The number of rotatable bonds is 12. The minimum absolute atomic E-state index is 0.0112. The van der Waals surface area contributed by atoms with Crippen LogP contribution in [0.25, 0.3) is 0 Å². The highest BCUT2D eigenvalue weighted by Gasteiger charge is 2.60. The quantitative estimate of drug-likeness (QED) is 0.282. The molecule has 0 saturated carbocycles. The predicted molar refractivity (Wildman–Crippen MR) is 141 cm³/mol. The van der Waals surface area contributed by atoms with Crippen LogP contribution in [0.1, 0.15) is 23.6 Å². The summed E-state index contributed by atoms with van der Waals surface area (Å²) in [6.45, 7) is 5.47. The van der Waals surface area contributed by atoms with E-state index in [-0.39, 0.29) is 26.4 Å². The Bertz CT molecular complexity index is 1150. The van der Waals surface area contributed by atoms with E-state index in [9.17, 15) is 4.79 Å². The van der Waals surface area contributed by atoms with Crippen molar-refractivity contribution >= 4 is 5.97 Å². The molecule has 1 radical (unpaired) electrons. The lowest BCUT2D eigenvalue weighted by atomic mass is 9.91. The van der Waals surface area contributed by atoms with Crippen molar-refractivity contribution in [1.29, 1.82) is 0 Å². The molecule has 3 aromatic rings. The molecule has 6 nitrogen and oxygen atoms in total. The van der Waals surface area contributed by atoms with E-state index in [2.05, 4.69) is 11.7 Å². The molecule has 5 atom stereocenters. The highest BCUT2D eigenvalue weighted by atomic mass is 19.3. The Balaban J connectivity index is 1.66. The van der Waals surface area contributed by atoms with Gasteiger partial charge < -0.3 is 23.7 Å². The summed E-state index contributed by atoms with van der Waals surface area (Å²) < 4.78 is 60.0. The Hall–Kier alpha value is -3.17. The van der Waals surface area contributed by atoms with Gasteiger partial charge in [0.25, 0.3) is 0 Å². The van der Waals surface area contributed by atoms with E-state index in [4.69, 9.17) is 18.9 Å². The van der Waals surface area contributed by atoms with Crippen LogP contribution < -0.4 is 0 Å². The van der Waals surface area contributed by atoms with Gasteiger partial charge in [0.15, 0.2) is 6.10 Å².